The summed E-state index contributed by atoms with van der Waals surface area (Å²) in [5, 5.41) is 2.68. The number of aryl methyl sites for hydroxylation is 1. The van der Waals surface area contributed by atoms with Gasteiger partial charge < -0.3 is 4.74 Å². The van der Waals surface area contributed by atoms with Crippen LogP contribution in [-0.4, -0.2) is 6.36 Å². The van der Waals surface area contributed by atoms with E-state index in [-0.39, 0.29) is 16.5 Å². The molecule has 0 aliphatic heterocycles. The normalized spacial score (nSPS) is 12.0. The smallest absolute Gasteiger partial charge is 0.399 e. The lowest BCUT2D eigenvalue weighted by Gasteiger charge is -2.13. The van der Waals surface area contributed by atoms with E-state index >= 15 is 4.39 Å². The molecule has 0 radical (unpaired) electrons. The molecule has 0 aliphatic carbocycles. The van der Waals surface area contributed by atoms with Gasteiger partial charge in [-0.25, -0.2) is 13.2 Å². The molecule has 178 valence electrons. The van der Waals surface area contributed by atoms with Crippen molar-refractivity contribution in [1.82, 2.24) is 0 Å². The van der Waals surface area contributed by atoms with Crippen LogP contribution in [0.25, 0.3) is 32.7 Å². The summed E-state index contributed by atoms with van der Waals surface area (Å²) in [5.74, 6) is -5.44. The Morgan fingerprint density at radius 2 is 1.41 bits per heavy atom. The van der Waals surface area contributed by atoms with Crippen molar-refractivity contribution in [3.05, 3.63) is 77.6 Å². The van der Waals surface area contributed by atoms with Crippen LogP contribution in [0.3, 0.4) is 0 Å². The molecule has 0 spiro atoms. The lowest BCUT2D eigenvalue weighted by Crippen LogP contribution is -2.19. The Labute approximate surface area is 193 Å². The fourth-order valence-electron chi connectivity index (χ4n) is 4.22. The highest BCUT2D eigenvalue weighted by Gasteiger charge is 2.34. The van der Waals surface area contributed by atoms with Crippen LogP contribution in [0.2, 0.25) is 0 Å². The summed E-state index contributed by atoms with van der Waals surface area (Å²) in [5.41, 5.74) is 0.842. The second-order valence-electron chi connectivity index (χ2n) is 8.27. The van der Waals surface area contributed by atoms with Gasteiger partial charge in [0.2, 0.25) is 5.75 Å². The van der Waals surface area contributed by atoms with Crippen LogP contribution in [0.5, 0.6) is 5.75 Å². The van der Waals surface area contributed by atoms with Gasteiger partial charge in [0.05, 0.1) is 0 Å². The maximum atomic E-state index is 15.4. The van der Waals surface area contributed by atoms with Crippen molar-refractivity contribution < 1.29 is 31.1 Å². The third-order valence-corrected chi connectivity index (χ3v) is 5.86. The highest BCUT2D eigenvalue weighted by atomic mass is 19.4. The van der Waals surface area contributed by atoms with E-state index in [9.17, 15) is 22.0 Å². The molecule has 0 bridgehead atoms. The van der Waals surface area contributed by atoms with Crippen LogP contribution >= 0.6 is 0 Å². The third-order valence-electron chi connectivity index (χ3n) is 5.86. The zero-order valence-corrected chi connectivity index (χ0v) is 18.4. The van der Waals surface area contributed by atoms with Crippen molar-refractivity contribution >= 4 is 21.5 Å². The van der Waals surface area contributed by atoms with Gasteiger partial charge in [0, 0.05) is 10.9 Å². The zero-order chi connectivity index (χ0) is 24.5. The van der Waals surface area contributed by atoms with Crippen molar-refractivity contribution in [2.75, 3.05) is 0 Å². The molecule has 0 atom stereocenters. The predicted molar refractivity (Wildman–Crippen MR) is 121 cm³/mol. The number of rotatable bonds is 7. The topological polar surface area (TPSA) is 9.23 Å². The molecule has 4 rings (SSSR count). The number of halogens is 6. The number of alkyl halides is 3. The van der Waals surface area contributed by atoms with Gasteiger partial charge in [-0.1, -0.05) is 68.7 Å². The first-order valence-corrected chi connectivity index (χ1v) is 11.1. The minimum absolute atomic E-state index is 0.129. The summed E-state index contributed by atoms with van der Waals surface area (Å²) < 4.78 is 84.3. The Balaban J connectivity index is 1.71. The van der Waals surface area contributed by atoms with E-state index in [1.807, 2.05) is 12.1 Å². The van der Waals surface area contributed by atoms with Crippen molar-refractivity contribution in [2.45, 2.75) is 45.4 Å². The van der Waals surface area contributed by atoms with Crippen LogP contribution in [-0.2, 0) is 6.42 Å². The molecule has 7 heteroatoms. The highest BCUT2D eigenvalue weighted by Crippen LogP contribution is 2.37. The molecule has 0 heterocycles. The molecule has 0 saturated heterocycles. The van der Waals surface area contributed by atoms with Crippen LogP contribution in [0.15, 0.2) is 54.6 Å². The fourth-order valence-corrected chi connectivity index (χ4v) is 4.22. The van der Waals surface area contributed by atoms with Gasteiger partial charge in [-0.2, -0.15) is 0 Å². The summed E-state index contributed by atoms with van der Waals surface area (Å²) in [6.07, 6.45) is 0.351. The van der Waals surface area contributed by atoms with E-state index in [1.165, 1.54) is 30.9 Å². The molecular weight excluding hydrogens is 454 g/mol. The number of fused-ring (bicyclic) bond motifs is 3. The van der Waals surface area contributed by atoms with Crippen molar-refractivity contribution in [2.24, 2.45) is 0 Å². The molecular formula is C27H22F6O. The standard InChI is InChI=1S/C27H22F6O/c1-2-3-4-5-6-16-7-9-19-17(13-16)8-10-22-21(19)12-11-20(25(22)30)18-14-23(28)26(24(29)15-18)34-27(31,32)33/h7-15H,2-6H2,1H3. The number of hydrogen-bond donors (Lipinski definition) is 0. The molecule has 0 aliphatic rings. The number of benzene rings is 4. The first-order chi connectivity index (χ1) is 16.2. The Bertz CT molecular complexity index is 1320. The maximum Gasteiger partial charge on any atom is 0.573 e. The molecule has 0 fully saturated rings. The lowest BCUT2D eigenvalue weighted by atomic mass is 9.95. The van der Waals surface area contributed by atoms with Gasteiger partial charge in [-0.15, -0.1) is 13.2 Å². The zero-order valence-electron chi connectivity index (χ0n) is 18.4. The van der Waals surface area contributed by atoms with E-state index in [2.05, 4.69) is 17.7 Å². The molecule has 0 N–H and O–H groups in total. The summed E-state index contributed by atoms with van der Waals surface area (Å²) >= 11 is 0. The third kappa shape index (κ3) is 4.98. The number of unbranched alkanes of at least 4 members (excludes halogenated alkanes) is 3. The van der Waals surface area contributed by atoms with Gasteiger partial charge in [0.1, 0.15) is 5.82 Å². The second-order valence-corrected chi connectivity index (χ2v) is 8.27. The van der Waals surface area contributed by atoms with Gasteiger partial charge in [-0.05, 0) is 52.3 Å². The van der Waals surface area contributed by atoms with Crippen LogP contribution in [0.1, 0.15) is 38.2 Å². The quantitative estimate of drug-likeness (QED) is 0.147. The summed E-state index contributed by atoms with van der Waals surface area (Å²) in [6.45, 7) is 2.16. The molecule has 4 aromatic rings. The Morgan fingerprint density at radius 1 is 0.735 bits per heavy atom. The number of ether oxygens (including phenoxy) is 1. The molecule has 0 unspecified atom stereocenters. The fraction of sp³-hybridized carbons (Fsp3) is 0.259. The molecule has 34 heavy (non-hydrogen) atoms. The molecule has 0 amide bonds. The minimum atomic E-state index is -5.26. The van der Waals surface area contributed by atoms with Crippen molar-refractivity contribution in [1.29, 1.82) is 0 Å². The summed E-state index contributed by atoms with van der Waals surface area (Å²) in [4.78, 5) is 0. The maximum absolute atomic E-state index is 15.4. The van der Waals surface area contributed by atoms with Crippen molar-refractivity contribution in [3.63, 3.8) is 0 Å². The minimum Gasteiger partial charge on any atom is -0.399 e. The van der Waals surface area contributed by atoms with E-state index in [0.717, 1.165) is 23.6 Å². The first kappa shape index (κ1) is 23.9. The highest BCUT2D eigenvalue weighted by molar-refractivity contribution is 6.08. The van der Waals surface area contributed by atoms with Crippen LogP contribution in [0, 0.1) is 17.5 Å². The lowest BCUT2D eigenvalue weighted by molar-refractivity contribution is -0.276. The summed E-state index contributed by atoms with van der Waals surface area (Å²) in [6, 6.07) is 13.7. The Morgan fingerprint density at radius 3 is 2.09 bits per heavy atom. The largest absolute Gasteiger partial charge is 0.573 e. The van der Waals surface area contributed by atoms with Gasteiger partial charge in [-0.3, -0.25) is 0 Å². The van der Waals surface area contributed by atoms with E-state index < -0.39 is 29.6 Å². The first-order valence-electron chi connectivity index (χ1n) is 11.1. The molecule has 4 aromatic carbocycles. The number of hydrogen-bond acceptors (Lipinski definition) is 1. The van der Waals surface area contributed by atoms with Crippen LogP contribution < -0.4 is 4.74 Å². The SMILES string of the molecule is CCCCCCc1ccc2c(ccc3c(F)c(-c4cc(F)c(OC(F)(F)F)c(F)c4)ccc32)c1. The molecule has 1 nitrogen and oxygen atoms in total. The molecule has 0 aromatic heterocycles. The monoisotopic (exact) mass is 476 g/mol. The van der Waals surface area contributed by atoms with Gasteiger partial charge in [0.15, 0.2) is 11.6 Å². The average Bonchev–Trinajstić information content (AvgIpc) is 2.78. The van der Waals surface area contributed by atoms with E-state index in [1.54, 1.807) is 18.2 Å². The van der Waals surface area contributed by atoms with Crippen LogP contribution in [0.4, 0.5) is 26.3 Å². The predicted octanol–water partition coefficient (Wildman–Crippen LogP) is 9.10. The van der Waals surface area contributed by atoms with Gasteiger partial charge >= 0.3 is 6.36 Å². The van der Waals surface area contributed by atoms with Crippen molar-refractivity contribution in [3.8, 4) is 16.9 Å². The summed E-state index contributed by atoms with van der Waals surface area (Å²) in [7, 11) is 0. The second kappa shape index (κ2) is 9.57. The van der Waals surface area contributed by atoms with Gasteiger partial charge in [0.25, 0.3) is 0 Å². The van der Waals surface area contributed by atoms with E-state index in [0.29, 0.717) is 17.5 Å². The Hall–Kier alpha value is -3.22. The van der Waals surface area contributed by atoms with E-state index in [4.69, 9.17) is 0 Å². The Kier molecular flexibility index (Phi) is 6.73. The average molecular weight is 476 g/mol. The molecule has 0 saturated carbocycles.